The van der Waals surface area contributed by atoms with Crippen LogP contribution in [0.25, 0.3) is 0 Å². The van der Waals surface area contributed by atoms with Crippen molar-refractivity contribution in [2.24, 2.45) is 0 Å². The highest BCUT2D eigenvalue weighted by atomic mass is 32.2. The molecule has 4 nitrogen and oxygen atoms in total. The van der Waals surface area contributed by atoms with E-state index >= 15 is 0 Å². The minimum Gasteiger partial charge on any atom is -0.444 e. The molecule has 5 heteroatoms. The molecule has 19 heavy (non-hydrogen) atoms. The van der Waals surface area contributed by atoms with Crippen molar-refractivity contribution in [3.8, 4) is 0 Å². The third-order valence-electron chi connectivity index (χ3n) is 3.87. The Morgan fingerprint density at radius 3 is 2.63 bits per heavy atom. The van der Waals surface area contributed by atoms with Gasteiger partial charge in [-0.3, -0.25) is 4.90 Å². The Balaban J connectivity index is 1.83. The summed E-state index contributed by atoms with van der Waals surface area (Å²) in [5.41, 5.74) is -0.400. The van der Waals surface area contributed by atoms with E-state index in [1.165, 1.54) is 17.9 Å². The van der Waals surface area contributed by atoms with Crippen LogP contribution in [0.15, 0.2) is 0 Å². The van der Waals surface area contributed by atoms with Gasteiger partial charge >= 0.3 is 6.09 Å². The first-order valence-corrected chi connectivity index (χ1v) is 8.30. The minimum absolute atomic E-state index is 0.163. The fourth-order valence-corrected chi connectivity index (χ4v) is 3.99. The number of thioether (sulfide) groups is 1. The number of rotatable bonds is 2. The molecule has 0 aliphatic carbocycles. The third-order valence-corrected chi connectivity index (χ3v) is 5.02. The zero-order chi connectivity index (χ0) is 14.0. The summed E-state index contributed by atoms with van der Waals surface area (Å²) in [5.74, 6) is 2.51. The highest BCUT2D eigenvalue weighted by Crippen LogP contribution is 2.26. The molecule has 0 saturated carbocycles. The number of hydrogen-bond acceptors (Lipinski definition) is 4. The molecule has 2 unspecified atom stereocenters. The number of hydrogen-bond donors (Lipinski definition) is 0. The summed E-state index contributed by atoms with van der Waals surface area (Å²) in [5, 5.41) is 0. The van der Waals surface area contributed by atoms with Crippen LogP contribution >= 0.6 is 11.8 Å². The lowest BCUT2D eigenvalue weighted by Gasteiger charge is -2.30. The largest absolute Gasteiger partial charge is 0.444 e. The van der Waals surface area contributed by atoms with Crippen molar-refractivity contribution in [3.05, 3.63) is 0 Å². The summed E-state index contributed by atoms with van der Waals surface area (Å²) in [6, 6.07) is 1.19. The molecule has 2 heterocycles. The van der Waals surface area contributed by atoms with E-state index in [0.29, 0.717) is 12.1 Å². The van der Waals surface area contributed by atoms with E-state index in [-0.39, 0.29) is 6.09 Å². The molecule has 2 aliphatic rings. The van der Waals surface area contributed by atoms with Gasteiger partial charge in [-0.1, -0.05) is 0 Å². The van der Waals surface area contributed by atoms with Gasteiger partial charge in [0, 0.05) is 30.9 Å². The van der Waals surface area contributed by atoms with Crippen molar-refractivity contribution >= 4 is 17.9 Å². The Hall–Kier alpha value is -0.420. The molecule has 2 aliphatic heterocycles. The van der Waals surface area contributed by atoms with E-state index < -0.39 is 5.60 Å². The molecule has 0 aromatic carbocycles. The molecule has 2 fully saturated rings. The lowest BCUT2D eigenvalue weighted by molar-refractivity contribution is 0.0279. The standard InChI is InChI=1S/C14H26N2O2S/c1-14(2,3)18-13(17)16-7-5-11(9-16)15(4)12-6-8-19-10-12/h11-12H,5-10H2,1-4H3. The maximum Gasteiger partial charge on any atom is 0.410 e. The topological polar surface area (TPSA) is 32.8 Å². The molecule has 0 aromatic heterocycles. The molecule has 1 amide bonds. The maximum absolute atomic E-state index is 12.0. The average molecular weight is 286 g/mol. The van der Waals surface area contributed by atoms with Crippen molar-refractivity contribution in [3.63, 3.8) is 0 Å². The SMILES string of the molecule is CN(C1CCSC1)C1CCN(C(=O)OC(C)(C)C)C1. The lowest BCUT2D eigenvalue weighted by Crippen LogP contribution is -2.43. The van der Waals surface area contributed by atoms with Gasteiger partial charge in [-0.25, -0.2) is 4.79 Å². The van der Waals surface area contributed by atoms with Crippen molar-refractivity contribution in [2.75, 3.05) is 31.6 Å². The number of likely N-dealkylation sites (tertiary alicyclic amines) is 1. The zero-order valence-corrected chi connectivity index (χ0v) is 13.3. The van der Waals surface area contributed by atoms with Crippen molar-refractivity contribution in [1.82, 2.24) is 9.80 Å². The summed E-state index contributed by atoms with van der Waals surface area (Å²) in [6.07, 6.45) is 2.19. The molecule has 0 N–H and O–H groups in total. The highest BCUT2D eigenvalue weighted by Gasteiger charge is 2.34. The molecule has 110 valence electrons. The maximum atomic E-state index is 12.0. The van der Waals surface area contributed by atoms with Crippen LogP contribution in [0.1, 0.15) is 33.6 Å². The Labute approximate surface area is 120 Å². The van der Waals surface area contributed by atoms with E-state index in [0.717, 1.165) is 19.5 Å². The Morgan fingerprint density at radius 2 is 2.05 bits per heavy atom. The molecule has 0 aromatic rings. The molecule has 0 spiro atoms. The second kappa shape index (κ2) is 5.92. The van der Waals surface area contributed by atoms with E-state index in [4.69, 9.17) is 4.74 Å². The smallest absolute Gasteiger partial charge is 0.410 e. The predicted molar refractivity (Wildman–Crippen MR) is 79.7 cm³/mol. The second-order valence-corrected chi connectivity index (χ2v) is 7.70. The van der Waals surface area contributed by atoms with Gasteiger partial charge in [-0.15, -0.1) is 0 Å². The summed E-state index contributed by atoms with van der Waals surface area (Å²) in [4.78, 5) is 16.4. The van der Waals surface area contributed by atoms with E-state index in [1.807, 2.05) is 37.4 Å². The van der Waals surface area contributed by atoms with Crippen LogP contribution in [-0.4, -0.2) is 65.2 Å². The molecular formula is C14H26N2O2S. The van der Waals surface area contributed by atoms with Crippen molar-refractivity contribution in [1.29, 1.82) is 0 Å². The van der Waals surface area contributed by atoms with Gasteiger partial charge in [-0.05, 0) is 46.4 Å². The van der Waals surface area contributed by atoms with Crippen LogP contribution in [0.2, 0.25) is 0 Å². The first-order chi connectivity index (χ1) is 8.87. The number of nitrogens with zero attached hydrogens (tertiary/aromatic N) is 2. The molecular weight excluding hydrogens is 260 g/mol. The summed E-state index contributed by atoms with van der Waals surface area (Å²) in [6.45, 7) is 7.39. The quantitative estimate of drug-likeness (QED) is 0.780. The molecule has 2 rings (SSSR count). The monoisotopic (exact) mass is 286 g/mol. The zero-order valence-electron chi connectivity index (χ0n) is 12.5. The van der Waals surface area contributed by atoms with E-state index in [2.05, 4.69) is 11.9 Å². The minimum atomic E-state index is -0.400. The van der Waals surface area contributed by atoms with Crippen LogP contribution in [0.3, 0.4) is 0 Å². The van der Waals surface area contributed by atoms with Crippen LogP contribution in [0.4, 0.5) is 4.79 Å². The van der Waals surface area contributed by atoms with Crippen LogP contribution in [0, 0.1) is 0 Å². The van der Waals surface area contributed by atoms with Crippen LogP contribution in [0.5, 0.6) is 0 Å². The van der Waals surface area contributed by atoms with Gasteiger partial charge in [0.1, 0.15) is 5.60 Å². The van der Waals surface area contributed by atoms with E-state index in [9.17, 15) is 4.79 Å². The normalized spacial score (nSPS) is 28.2. The van der Waals surface area contributed by atoms with Gasteiger partial charge in [0.2, 0.25) is 0 Å². The Morgan fingerprint density at radius 1 is 1.32 bits per heavy atom. The van der Waals surface area contributed by atoms with Gasteiger partial charge in [0.15, 0.2) is 0 Å². The van der Waals surface area contributed by atoms with Crippen molar-refractivity contribution in [2.45, 2.75) is 51.3 Å². The Bertz CT molecular complexity index is 324. The lowest BCUT2D eigenvalue weighted by atomic mass is 10.1. The van der Waals surface area contributed by atoms with Crippen LogP contribution in [-0.2, 0) is 4.74 Å². The first kappa shape index (κ1) is 15.0. The van der Waals surface area contributed by atoms with Crippen molar-refractivity contribution < 1.29 is 9.53 Å². The summed E-state index contributed by atoms with van der Waals surface area (Å²) >= 11 is 2.04. The average Bonchev–Trinajstić information content (AvgIpc) is 2.98. The summed E-state index contributed by atoms with van der Waals surface area (Å²) < 4.78 is 5.44. The summed E-state index contributed by atoms with van der Waals surface area (Å²) in [7, 11) is 2.21. The number of likely N-dealkylation sites (N-methyl/N-ethyl adjacent to an activating group) is 1. The Kier molecular flexibility index (Phi) is 4.66. The van der Waals surface area contributed by atoms with E-state index in [1.54, 1.807) is 0 Å². The molecule has 2 atom stereocenters. The predicted octanol–water partition coefficient (Wildman–Crippen LogP) is 2.43. The fraction of sp³-hybridized carbons (Fsp3) is 0.929. The number of carbonyl (C=O) groups is 1. The van der Waals surface area contributed by atoms with Crippen LogP contribution < -0.4 is 0 Å². The third kappa shape index (κ3) is 4.02. The number of ether oxygens (including phenoxy) is 1. The highest BCUT2D eigenvalue weighted by molar-refractivity contribution is 7.99. The van der Waals surface area contributed by atoms with Gasteiger partial charge in [0.05, 0.1) is 0 Å². The fourth-order valence-electron chi connectivity index (χ4n) is 2.71. The molecule has 0 bridgehead atoms. The first-order valence-electron chi connectivity index (χ1n) is 7.14. The second-order valence-electron chi connectivity index (χ2n) is 6.55. The van der Waals surface area contributed by atoms with Gasteiger partial charge in [-0.2, -0.15) is 11.8 Å². The number of amides is 1. The number of carbonyl (C=O) groups excluding carboxylic acids is 1. The van der Waals surface area contributed by atoms with Gasteiger partial charge in [0.25, 0.3) is 0 Å². The molecule has 0 radical (unpaired) electrons. The molecule has 2 saturated heterocycles. The van der Waals surface area contributed by atoms with Gasteiger partial charge < -0.3 is 9.64 Å².